The van der Waals surface area contributed by atoms with Crippen LogP contribution < -0.4 is 0 Å². The Bertz CT molecular complexity index is 1030. The van der Waals surface area contributed by atoms with Gasteiger partial charge in [0.1, 0.15) is 11.9 Å². The number of carbonyl (C=O) groups is 2. The number of hydrogen-bond donors (Lipinski definition) is 2. The number of nitrogens with zero attached hydrogens (tertiary/aromatic N) is 2. The molecule has 39 heavy (non-hydrogen) atoms. The highest BCUT2D eigenvalue weighted by Crippen LogP contribution is 2.32. The Morgan fingerprint density at radius 2 is 1.59 bits per heavy atom. The van der Waals surface area contributed by atoms with Crippen molar-refractivity contribution >= 4 is 11.9 Å². The largest absolute Gasteiger partial charge is 0.490 e. The van der Waals surface area contributed by atoms with Crippen molar-refractivity contribution in [2.75, 3.05) is 13.2 Å². The standard InChI is InChI=1S/C20H23FN2O2.2C2HF3O2/c21-17-7-5-15(6-8-17)12-23-13-19(20-18(23)4-2-10-24-20)25-14-16-3-1-9-22-11-16;2*3-2(4,5)1(6)7/h1,3,5-9,11,18-20H,2,4,10,12-14H2;2*(H,6,7)/t18-,19+,20+;;/m1../s1. The van der Waals surface area contributed by atoms with E-state index in [1.54, 1.807) is 6.20 Å². The van der Waals surface area contributed by atoms with Crippen LogP contribution in [0.5, 0.6) is 0 Å². The van der Waals surface area contributed by atoms with Gasteiger partial charge in [-0.05, 0) is 42.2 Å². The third-order valence-corrected chi connectivity index (χ3v) is 5.55. The van der Waals surface area contributed by atoms with Crippen molar-refractivity contribution in [1.29, 1.82) is 0 Å². The molecule has 2 aliphatic rings. The van der Waals surface area contributed by atoms with Crippen molar-refractivity contribution in [1.82, 2.24) is 9.88 Å². The molecule has 2 N–H and O–H groups in total. The molecule has 2 aromatic rings. The second-order valence-corrected chi connectivity index (χ2v) is 8.42. The molecule has 15 heteroatoms. The first kappa shape index (κ1) is 31.9. The topological polar surface area (TPSA) is 109 Å². The molecule has 0 radical (unpaired) electrons. The Hall–Kier alpha value is -3.30. The molecule has 3 atom stereocenters. The summed E-state index contributed by atoms with van der Waals surface area (Å²) >= 11 is 0. The van der Waals surface area contributed by atoms with Crippen molar-refractivity contribution in [2.45, 2.75) is 56.6 Å². The van der Waals surface area contributed by atoms with E-state index in [4.69, 9.17) is 29.3 Å². The van der Waals surface area contributed by atoms with Crippen molar-refractivity contribution in [3.63, 3.8) is 0 Å². The number of rotatable bonds is 5. The number of pyridine rings is 1. The Morgan fingerprint density at radius 1 is 1.00 bits per heavy atom. The van der Waals surface area contributed by atoms with Crippen LogP contribution in [0.15, 0.2) is 48.8 Å². The summed E-state index contributed by atoms with van der Waals surface area (Å²) in [6.07, 6.45) is -4.18. The number of carboxylic acid groups (broad SMARTS) is 2. The molecule has 2 aliphatic heterocycles. The van der Waals surface area contributed by atoms with E-state index in [1.165, 1.54) is 12.1 Å². The summed E-state index contributed by atoms with van der Waals surface area (Å²) < 4.78 is 88.8. The van der Waals surface area contributed by atoms with Gasteiger partial charge in [-0.1, -0.05) is 18.2 Å². The summed E-state index contributed by atoms with van der Waals surface area (Å²) in [5, 5.41) is 14.2. The summed E-state index contributed by atoms with van der Waals surface area (Å²) in [4.78, 5) is 24.4. The zero-order valence-electron chi connectivity index (χ0n) is 20.2. The van der Waals surface area contributed by atoms with Gasteiger partial charge < -0.3 is 19.7 Å². The van der Waals surface area contributed by atoms with Gasteiger partial charge in [-0.2, -0.15) is 26.3 Å². The van der Waals surface area contributed by atoms with Crippen molar-refractivity contribution < 1.29 is 60.0 Å². The van der Waals surface area contributed by atoms with E-state index in [1.807, 2.05) is 30.5 Å². The lowest BCUT2D eigenvalue weighted by Crippen LogP contribution is -2.41. The van der Waals surface area contributed by atoms with E-state index in [9.17, 15) is 30.7 Å². The minimum atomic E-state index is -5.08. The lowest BCUT2D eigenvalue weighted by atomic mass is 10.0. The Kier molecular flexibility index (Phi) is 11.6. The quantitative estimate of drug-likeness (QED) is 0.509. The Morgan fingerprint density at radius 3 is 2.10 bits per heavy atom. The third-order valence-electron chi connectivity index (χ3n) is 5.55. The van der Waals surface area contributed by atoms with E-state index in [2.05, 4.69) is 9.88 Å². The highest BCUT2D eigenvalue weighted by molar-refractivity contribution is 5.73. The lowest BCUT2D eigenvalue weighted by molar-refractivity contribution is -0.193. The van der Waals surface area contributed by atoms with Gasteiger partial charge in [0.15, 0.2) is 0 Å². The number of aliphatic carboxylic acids is 2. The summed E-state index contributed by atoms with van der Waals surface area (Å²) in [5.41, 5.74) is 2.20. The average Bonchev–Trinajstić information content (AvgIpc) is 3.22. The van der Waals surface area contributed by atoms with Crippen LogP contribution >= 0.6 is 0 Å². The second kappa shape index (κ2) is 14.2. The molecule has 0 bridgehead atoms. The van der Waals surface area contributed by atoms with Gasteiger partial charge in [0.25, 0.3) is 0 Å². The second-order valence-electron chi connectivity index (χ2n) is 8.42. The molecule has 1 aromatic carbocycles. The fourth-order valence-corrected chi connectivity index (χ4v) is 3.84. The predicted octanol–water partition coefficient (Wildman–Crippen LogP) is 4.44. The number of ether oxygens (including phenoxy) is 2. The number of fused-ring (bicyclic) bond motifs is 1. The number of carboxylic acids is 2. The van der Waals surface area contributed by atoms with Crippen LogP contribution in [0.4, 0.5) is 30.7 Å². The summed E-state index contributed by atoms with van der Waals surface area (Å²) in [6.45, 7) is 3.00. The fraction of sp³-hybridized carbons (Fsp3) is 0.458. The molecule has 1 aromatic heterocycles. The molecule has 3 heterocycles. The number of alkyl halides is 6. The number of likely N-dealkylation sites (tertiary alicyclic amines) is 1. The Balaban J connectivity index is 0.000000317. The zero-order valence-corrected chi connectivity index (χ0v) is 20.2. The molecule has 216 valence electrons. The molecule has 2 fully saturated rings. The van der Waals surface area contributed by atoms with Gasteiger partial charge in [0, 0.05) is 38.1 Å². The maximum atomic E-state index is 13.1. The van der Waals surface area contributed by atoms with Gasteiger partial charge in [-0.3, -0.25) is 9.88 Å². The smallest absolute Gasteiger partial charge is 0.475 e. The predicted molar refractivity (Wildman–Crippen MR) is 120 cm³/mol. The van der Waals surface area contributed by atoms with E-state index >= 15 is 0 Å². The van der Waals surface area contributed by atoms with Crippen LogP contribution in [0, 0.1) is 5.82 Å². The molecule has 8 nitrogen and oxygen atoms in total. The van der Waals surface area contributed by atoms with Crippen LogP contribution in [0.25, 0.3) is 0 Å². The van der Waals surface area contributed by atoms with Gasteiger partial charge in [0.2, 0.25) is 0 Å². The molecule has 0 saturated carbocycles. The van der Waals surface area contributed by atoms with Gasteiger partial charge in [-0.25, -0.2) is 14.0 Å². The van der Waals surface area contributed by atoms with Crippen molar-refractivity contribution in [2.24, 2.45) is 0 Å². The molecular formula is C24H25F7N2O6. The molecule has 0 aliphatic carbocycles. The fourth-order valence-electron chi connectivity index (χ4n) is 3.84. The van der Waals surface area contributed by atoms with Crippen molar-refractivity contribution in [3.05, 3.63) is 65.7 Å². The minimum absolute atomic E-state index is 0.0611. The average molecular weight is 570 g/mol. The number of halogens is 7. The van der Waals surface area contributed by atoms with E-state index in [0.29, 0.717) is 12.6 Å². The minimum Gasteiger partial charge on any atom is -0.475 e. The molecule has 2 saturated heterocycles. The molecule has 0 unspecified atom stereocenters. The highest BCUT2D eigenvalue weighted by Gasteiger charge is 2.44. The molecule has 0 spiro atoms. The van der Waals surface area contributed by atoms with Crippen molar-refractivity contribution in [3.8, 4) is 0 Å². The lowest BCUT2D eigenvalue weighted by Gasteiger charge is -2.32. The van der Waals surface area contributed by atoms with Crippen LogP contribution in [-0.4, -0.2) is 75.8 Å². The number of aromatic nitrogens is 1. The first-order valence-electron chi connectivity index (χ1n) is 11.4. The third kappa shape index (κ3) is 10.8. The van der Waals surface area contributed by atoms with Gasteiger partial charge in [-0.15, -0.1) is 0 Å². The van der Waals surface area contributed by atoms with Crippen LogP contribution in [0.3, 0.4) is 0 Å². The van der Waals surface area contributed by atoms with Gasteiger partial charge >= 0.3 is 24.3 Å². The molecule has 0 amide bonds. The van der Waals surface area contributed by atoms with Crippen LogP contribution in [-0.2, 0) is 32.2 Å². The molecule has 4 rings (SSSR count). The van der Waals surface area contributed by atoms with E-state index < -0.39 is 24.3 Å². The normalized spacial score (nSPS) is 21.1. The van der Waals surface area contributed by atoms with Crippen LogP contribution in [0.2, 0.25) is 0 Å². The zero-order chi connectivity index (χ0) is 29.2. The highest BCUT2D eigenvalue weighted by atomic mass is 19.4. The Labute approximate surface area is 218 Å². The number of benzene rings is 1. The maximum Gasteiger partial charge on any atom is 0.490 e. The summed E-state index contributed by atoms with van der Waals surface area (Å²) in [7, 11) is 0. The SMILES string of the molecule is Fc1ccc(CN2C[C@H](OCc3cccnc3)[C@H]3OCCC[C@H]32)cc1.O=C(O)C(F)(F)F.O=C(O)C(F)(F)F. The summed E-state index contributed by atoms with van der Waals surface area (Å²) in [5.74, 6) is -5.71. The summed E-state index contributed by atoms with van der Waals surface area (Å²) in [6, 6.07) is 11.1. The maximum absolute atomic E-state index is 13.1. The monoisotopic (exact) mass is 570 g/mol. The van der Waals surface area contributed by atoms with E-state index in [-0.39, 0.29) is 18.0 Å². The van der Waals surface area contributed by atoms with Gasteiger partial charge in [0.05, 0.1) is 12.7 Å². The first-order valence-corrected chi connectivity index (χ1v) is 11.4. The number of hydrogen-bond acceptors (Lipinski definition) is 6. The first-order chi connectivity index (χ1) is 18.2. The van der Waals surface area contributed by atoms with E-state index in [0.717, 1.165) is 43.7 Å². The molecular weight excluding hydrogens is 545 g/mol. The van der Waals surface area contributed by atoms with Crippen LogP contribution in [0.1, 0.15) is 24.0 Å².